The Morgan fingerprint density at radius 2 is 1.62 bits per heavy atom. The fourth-order valence-corrected chi connectivity index (χ4v) is 5.21. The number of halogens is 1. The van der Waals surface area contributed by atoms with Crippen molar-refractivity contribution >= 4 is 21.6 Å². The molecule has 1 amide bonds. The maximum absolute atomic E-state index is 13.2. The molecule has 3 aromatic carbocycles. The van der Waals surface area contributed by atoms with Gasteiger partial charge in [-0.3, -0.25) is 9.10 Å². The third-order valence-electron chi connectivity index (χ3n) is 6.28. The van der Waals surface area contributed by atoms with Gasteiger partial charge in [0.05, 0.1) is 24.5 Å². The molecule has 4 rings (SSSR count). The standard InChI is InChI=1S/C27H29FN2O3S/c1-19(23-10-9-21-5-3-4-6-24(21)17-23)29-27(31)22-11-15-26(16-12-22)30(34(2,32)33)18-20-7-13-25(28)14-8-20/h7-17,19H,3-6,18H2,1-2H3,(H,29,31)/t19-/m1/s1. The highest BCUT2D eigenvalue weighted by Crippen LogP contribution is 2.25. The number of hydrogen-bond acceptors (Lipinski definition) is 3. The Bertz CT molecular complexity index is 1270. The van der Waals surface area contributed by atoms with E-state index >= 15 is 0 Å². The van der Waals surface area contributed by atoms with E-state index in [-0.39, 0.29) is 24.3 Å². The molecular weight excluding hydrogens is 451 g/mol. The van der Waals surface area contributed by atoms with Crippen molar-refractivity contribution < 1.29 is 17.6 Å². The van der Waals surface area contributed by atoms with E-state index in [1.807, 2.05) is 6.92 Å². The first-order valence-electron chi connectivity index (χ1n) is 11.5. The lowest BCUT2D eigenvalue weighted by molar-refractivity contribution is 0.0940. The molecule has 0 radical (unpaired) electrons. The quantitative estimate of drug-likeness (QED) is 0.508. The molecule has 7 heteroatoms. The first-order valence-corrected chi connectivity index (χ1v) is 13.3. The van der Waals surface area contributed by atoms with Crippen molar-refractivity contribution in [3.8, 4) is 0 Å². The minimum Gasteiger partial charge on any atom is -0.346 e. The van der Waals surface area contributed by atoms with E-state index in [2.05, 4.69) is 23.5 Å². The van der Waals surface area contributed by atoms with Gasteiger partial charge >= 0.3 is 0 Å². The number of rotatable bonds is 7. The Hall–Kier alpha value is -3.19. The van der Waals surface area contributed by atoms with E-state index in [0.29, 0.717) is 16.8 Å². The first kappa shape index (κ1) is 24.0. The number of nitrogens with zero attached hydrogens (tertiary/aromatic N) is 1. The van der Waals surface area contributed by atoms with E-state index in [1.165, 1.54) is 40.4 Å². The van der Waals surface area contributed by atoms with Gasteiger partial charge in [-0.1, -0.05) is 30.3 Å². The fraction of sp³-hybridized carbons (Fsp3) is 0.296. The van der Waals surface area contributed by atoms with Gasteiger partial charge in [-0.05, 0) is 91.3 Å². The highest BCUT2D eigenvalue weighted by molar-refractivity contribution is 7.92. The normalized spacial score (nSPS) is 14.2. The summed E-state index contributed by atoms with van der Waals surface area (Å²) in [5.74, 6) is -0.601. The van der Waals surface area contributed by atoms with Gasteiger partial charge in [-0.2, -0.15) is 0 Å². The van der Waals surface area contributed by atoms with Gasteiger partial charge in [0.25, 0.3) is 5.91 Å². The second-order valence-electron chi connectivity index (χ2n) is 8.87. The van der Waals surface area contributed by atoms with Crippen LogP contribution in [0.25, 0.3) is 0 Å². The minimum absolute atomic E-state index is 0.0695. The van der Waals surface area contributed by atoms with Gasteiger partial charge in [-0.25, -0.2) is 12.8 Å². The summed E-state index contributed by atoms with van der Waals surface area (Å²) in [5.41, 5.74) is 5.40. The average molecular weight is 481 g/mol. The largest absolute Gasteiger partial charge is 0.346 e. The van der Waals surface area contributed by atoms with Crippen molar-refractivity contribution in [2.45, 2.75) is 45.2 Å². The Morgan fingerprint density at radius 1 is 0.971 bits per heavy atom. The van der Waals surface area contributed by atoms with Gasteiger partial charge in [-0.15, -0.1) is 0 Å². The third kappa shape index (κ3) is 5.65. The zero-order valence-corrected chi connectivity index (χ0v) is 20.2. The predicted molar refractivity (Wildman–Crippen MR) is 133 cm³/mol. The Balaban J connectivity index is 1.47. The zero-order chi connectivity index (χ0) is 24.3. The molecule has 1 N–H and O–H groups in total. The molecule has 0 aliphatic heterocycles. The maximum Gasteiger partial charge on any atom is 0.251 e. The molecule has 0 aromatic heterocycles. The van der Waals surface area contributed by atoms with Crippen LogP contribution in [0.15, 0.2) is 66.7 Å². The number of fused-ring (bicyclic) bond motifs is 1. The first-order chi connectivity index (χ1) is 16.2. The molecule has 0 fully saturated rings. The summed E-state index contributed by atoms with van der Waals surface area (Å²) in [6, 6.07) is 18.5. The van der Waals surface area contributed by atoms with Crippen LogP contribution in [0, 0.1) is 5.82 Å². The molecule has 178 valence electrons. The van der Waals surface area contributed by atoms with E-state index < -0.39 is 10.0 Å². The van der Waals surface area contributed by atoms with Gasteiger partial charge in [0, 0.05) is 5.56 Å². The van der Waals surface area contributed by atoms with E-state index in [9.17, 15) is 17.6 Å². The van der Waals surface area contributed by atoms with Crippen molar-refractivity contribution in [1.29, 1.82) is 0 Å². The molecule has 34 heavy (non-hydrogen) atoms. The topological polar surface area (TPSA) is 66.5 Å². The number of sulfonamides is 1. The molecule has 0 unspecified atom stereocenters. The summed E-state index contributed by atoms with van der Waals surface area (Å²) in [5, 5.41) is 3.04. The highest BCUT2D eigenvalue weighted by atomic mass is 32.2. The Labute approximate surface area is 200 Å². The number of anilines is 1. The number of benzene rings is 3. The summed E-state index contributed by atoms with van der Waals surface area (Å²) in [4.78, 5) is 12.8. The van der Waals surface area contributed by atoms with Crippen LogP contribution in [0.5, 0.6) is 0 Å². The molecule has 0 spiro atoms. The van der Waals surface area contributed by atoms with Crippen LogP contribution < -0.4 is 9.62 Å². The molecule has 0 bridgehead atoms. The lowest BCUT2D eigenvalue weighted by atomic mass is 9.89. The number of carbonyl (C=O) groups excluding carboxylic acids is 1. The smallest absolute Gasteiger partial charge is 0.251 e. The molecule has 5 nitrogen and oxygen atoms in total. The number of aryl methyl sites for hydroxylation is 2. The second kappa shape index (κ2) is 9.97. The molecular formula is C27H29FN2O3S. The summed E-state index contributed by atoms with van der Waals surface area (Å²) in [6.45, 7) is 2.03. The minimum atomic E-state index is -3.58. The lowest BCUT2D eigenvalue weighted by Gasteiger charge is -2.23. The van der Waals surface area contributed by atoms with Crippen LogP contribution >= 0.6 is 0 Å². The van der Waals surface area contributed by atoms with Gasteiger partial charge in [0.15, 0.2) is 0 Å². The predicted octanol–water partition coefficient (Wildman–Crippen LogP) is 5.16. The SMILES string of the molecule is C[C@@H](NC(=O)c1ccc(N(Cc2ccc(F)cc2)S(C)(=O)=O)cc1)c1ccc2c(c1)CCCC2. The van der Waals surface area contributed by atoms with Gasteiger partial charge < -0.3 is 5.32 Å². The van der Waals surface area contributed by atoms with Crippen molar-refractivity contribution in [3.63, 3.8) is 0 Å². The average Bonchev–Trinajstić information content (AvgIpc) is 2.82. The van der Waals surface area contributed by atoms with Crippen molar-refractivity contribution in [1.82, 2.24) is 5.32 Å². The van der Waals surface area contributed by atoms with Crippen LogP contribution in [0.2, 0.25) is 0 Å². The van der Waals surface area contributed by atoms with Crippen molar-refractivity contribution in [2.75, 3.05) is 10.6 Å². The highest BCUT2D eigenvalue weighted by Gasteiger charge is 2.19. The molecule has 1 aliphatic carbocycles. The molecule has 1 aliphatic rings. The lowest BCUT2D eigenvalue weighted by Crippen LogP contribution is -2.29. The molecule has 1 atom stereocenters. The number of amides is 1. The fourth-order valence-electron chi connectivity index (χ4n) is 4.32. The molecule has 3 aromatic rings. The van der Waals surface area contributed by atoms with E-state index in [4.69, 9.17) is 0 Å². The number of carbonyl (C=O) groups is 1. The van der Waals surface area contributed by atoms with Crippen LogP contribution in [-0.2, 0) is 29.4 Å². The van der Waals surface area contributed by atoms with Crippen LogP contribution in [0.4, 0.5) is 10.1 Å². The van der Waals surface area contributed by atoms with Crippen molar-refractivity contribution in [2.24, 2.45) is 0 Å². The van der Waals surface area contributed by atoms with E-state index in [0.717, 1.165) is 24.7 Å². The van der Waals surface area contributed by atoms with Gasteiger partial charge in [0.1, 0.15) is 5.82 Å². The summed E-state index contributed by atoms with van der Waals surface area (Å²) >= 11 is 0. The summed E-state index contributed by atoms with van der Waals surface area (Å²) < 4.78 is 39.2. The summed E-state index contributed by atoms with van der Waals surface area (Å²) in [6.07, 6.45) is 5.76. The van der Waals surface area contributed by atoms with Crippen LogP contribution in [0.3, 0.4) is 0 Å². The second-order valence-corrected chi connectivity index (χ2v) is 10.8. The number of hydrogen-bond donors (Lipinski definition) is 1. The zero-order valence-electron chi connectivity index (χ0n) is 19.4. The van der Waals surface area contributed by atoms with Crippen molar-refractivity contribution in [3.05, 3.63) is 100 Å². The maximum atomic E-state index is 13.2. The third-order valence-corrected chi connectivity index (χ3v) is 7.42. The van der Waals surface area contributed by atoms with Crippen LogP contribution in [0.1, 0.15) is 58.4 Å². The number of nitrogens with one attached hydrogen (secondary N) is 1. The monoisotopic (exact) mass is 480 g/mol. The summed E-state index contributed by atoms with van der Waals surface area (Å²) in [7, 11) is -3.58. The van der Waals surface area contributed by atoms with E-state index in [1.54, 1.807) is 36.4 Å². The molecule has 0 saturated carbocycles. The molecule has 0 saturated heterocycles. The molecule has 0 heterocycles. The van der Waals surface area contributed by atoms with Crippen LogP contribution in [-0.4, -0.2) is 20.6 Å². The Morgan fingerprint density at radius 3 is 2.26 bits per heavy atom. The Kier molecular flexibility index (Phi) is 7.03. The van der Waals surface area contributed by atoms with Gasteiger partial charge in [0.2, 0.25) is 10.0 Å².